The van der Waals surface area contributed by atoms with Crippen molar-refractivity contribution in [3.63, 3.8) is 0 Å². The molecule has 2 aliphatic rings. The highest BCUT2D eigenvalue weighted by Crippen LogP contribution is 2.37. The normalized spacial score (nSPS) is 21.5. The number of methoxy groups -OCH3 is 1. The molecule has 0 bridgehead atoms. The zero-order valence-corrected chi connectivity index (χ0v) is 19.9. The molecule has 3 N–H and O–H groups in total. The van der Waals surface area contributed by atoms with Gasteiger partial charge in [0.1, 0.15) is 5.76 Å². The Morgan fingerprint density at radius 3 is 2.79 bits per heavy atom. The Balaban J connectivity index is 1.55. The van der Waals surface area contributed by atoms with Crippen molar-refractivity contribution in [1.82, 2.24) is 10.2 Å². The largest absolute Gasteiger partial charge is 0.504 e. The molecule has 0 radical (unpaired) electrons. The van der Waals surface area contributed by atoms with Gasteiger partial charge in [-0.2, -0.15) is 0 Å². The van der Waals surface area contributed by atoms with Gasteiger partial charge in [0, 0.05) is 25.1 Å². The highest BCUT2D eigenvalue weighted by atomic mass is 16.5. The van der Waals surface area contributed by atoms with Gasteiger partial charge in [-0.3, -0.25) is 9.59 Å². The quantitative estimate of drug-likeness (QED) is 0.569. The van der Waals surface area contributed by atoms with Crippen molar-refractivity contribution in [2.75, 3.05) is 26.7 Å². The van der Waals surface area contributed by atoms with E-state index in [0.29, 0.717) is 29.8 Å². The summed E-state index contributed by atoms with van der Waals surface area (Å²) in [6.07, 6.45) is 5.90. The van der Waals surface area contributed by atoms with Crippen LogP contribution in [0.15, 0.2) is 33.5 Å². The van der Waals surface area contributed by atoms with Crippen LogP contribution in [0, 0.1) is 12.8 Å². The summed E-state index contributed by atoms with van der Waals surface area (Å²) in [4.78, 5) is 27.9. The van der Waals surface area contributed by atoms with Crippen molar-refractivity contribution in [2.45, 2.75) is 57.4 Å². The van der Waals surface area contributed by atoms with Crippen LogP contribution in [0.25, 0.3) is 0 Å². The monoisotopic (exact) mass is 470 g/mol. The fourth-order valence-corrected chi connectivity index (χ4v) is 5.45. The van der Waals surface area contributed by atoms with Gasteiger partial charge in [0.2, 0.25) is 17.1 Å². The number of hydrogen-bond donors (Lipinski definition) is 3. The number of amides is 1. The molecule has 8 nitrogen and oxygen atoms in total. The van der Waals surface area contributed by atoms with Crippen molar-refractivity contribution < 1.29 is 24.2 Å². The summed E-state index contributed by atoms with van der Waals surface area (Å²) in [5.74, 6) is -0.433. The molecule has 2 aliphatic heterocycles. The molecular formula is C26H34N2O6. The lowest BCUT2D eigenvalue weighted by atomic mass is 9.83. The smallest absolute Gasteiger partial charge is 0.227 e. The van der Waals surface area contributed by atoms with E-state index in [1.165, 1.54) is 38.5 Å². The molecule has 4 rings (SSSR count). The summed E-state index contributed by atoms with van der Waals surface area (Å²) in [6, 6.07) is 6.43. The zero-order chi connectivity index (χ0) is 24.2. The zero-order valence-electron chi connectivity index (χ0n) is 19.9. The Hall–Kier alpha value is -3.00. The number of ether oxygens (including phenoxy) is 1. The third-order valence-corrected chi connectivity index (χ3v) is 7.17. The number of carbonyl (C=O) groups excluding carboxylic acids is 1. The first-order valence-corrected chi connectivity index (χ1v) is 12.1. The van der Waals surface area contributed by atoms with Crippen LogP contribution < -0.4 is 15.5 Å². The summed E-state index contributed by atoms with van der Waals surface area (Å²) < 4.78 is 11.0. The van der Waals surface area contributed by atoms with Crippen LogP contribution in [0.1, 0.15) is 61.5 Å². The second-order valence-electron chi connectivity index (χ2n) is 9.43. The average molecular weight is 471 g/mol. The molecule has 0 aliphatic carbocycles. The molecule has 0 saturated carbocycles. The standard InChI is InChI=1S/C26H34N2O6/c1-16-12-22(30)25(32)26(34-16)19(17-8-9-21(29)23(13-17)33-2)14-24(31)27-15-18-6-5-11-28-10-4-3-7-20(18)28/h8-9,12-13,18-20,29,32H,3-7,10-11,14-15H2,1-2H3,(H,27,31)/t18-,19?,20+/m0/s1. The van der Waals surface area contributed by atoms with E-state index in [9.17, 15) is 19.8 Å². The van der Waals surface area contributed by atoms with Gasteiger partial charge < -0.3 is 29.6 Å². The first-order chi connectivity index (χ1) is 16.4. The van der Waals surface area contributed by atoms with Gasteiger partial charge in [0.25, 0.3) is 0 Å². The number of phenolic OH excluding ortho intramolecular Hbond substituents is 1. The van der Waals surface area contributed by atoms with E-state index in [2.05, 4.69) is 10.2 Å². The van der Waals surface area contributed by atoms with Crippen molar-refractivity contribution in [2.24, 2.45) is 5.92 Å². The van der Waals surface area contributed by atoms with E-state index < -0.39 is 17.1 Å². The van der Waals surface area contributed by atoms with Gasteiger partial charge in [-0.05, 0) is 69.3 Å². The van der Waals surface area contributed by atoms with Gasteiger partial charge in [0.05, 0.1) is 13.0 Å². The molecule has 1 aromatic heterocycles. The molecule has 2 saturated heterocycles. The van der Waals surface area contributed by atoms with Crippen molar-refractivity contribution in [1.29, 1.82) is 0 Å². The Bertz CT molecular complexity index is 1080. The van der Waals surface area contributed by atoms with E-state index in [4.69, 9.17) is 9.15 Å². The molecule has 2 aromatic rings. The number of aromatic hydroxyl groups is 2. The van der Waals surface area contributed by atoms with Crippen molar-refractivity contribution >= 4 is 5.91 Å². The summed E-state index contributed by atoms with van der Waals surface area (Å²) in [5, 5.41) is 23.6. The van der Waals surface area contributed by atoms with Gasteiger partial charge in [0.15, 0.2) is 17.3 Å². The Labute approximate surface area is 199 Å². The average Bonchev–Trinajstić information content (AvgIpc) is 2.84. The predicted octanol–water partition coefficient (Wildman–Crippen LogP) is 3.27. The Kier molecular flexibility index (Phi) is 7.46. The van der Waals surface area contributed by atoms with E-state index in [1.54, 1.807) is 19.1 Å². The third kappa shape index (κ3) is 5.22. The van der Waals surface area contributed by atoms with Crippen LogP contribution in [0.4, 0.5) is 0 Å². The number of hydrogen-bond acceptors (Lipinski definition) is 7. The fraction of sp³-hybridized carbons (Fsp3) is 0.538. The van der Waals surface area contributed by atoms with Gasteiger partial charge >= 0.3 is 0 Å². The maximum Gasteiger partial charge on any atom is 0.227 e. The van der Waals surface area contributed by atoms with E-state index in [0.717, 1.165) is 25.9 Å². The molecule has 1 amide bonds. The molecular weight excluding hydrogens is 436 g/mol. The summed E-state index contributed by atoms with van der Waals surface area (Å²) in [6.45, 7) is 4.52. The highest BCUT2D eigenvalue weighted by Gasteiger charge is 2.33. The molecule has 1 aromatic carbocycles. The number of nitrogens with one attached hydrogen (secondary N) is 1. The van der Waals surface area contributed by atoms with Gasteiger partial charge in [-0.15, -0.1) is 0 Å². The number of aryl methyl sites for hydroxylation is 1. The van der Waals surface area contributed by atoms with E-state index in [-0.39, 0.29) is 29.6 Å². The van der Waals surface area contributed by atoms with E-state index >= 15 is 0 Å². The van der Waals surface area contributed by atoms with Crippen molar-refractivity contribution in [3.05, 3.63) is 51.6 Å². The highest BCUT2D eigenvalue weighted by molar-refractivity contribution is 5.77. The number of piperidine rings is 2. The fourth-order valence-electron chi connectivity index (χ4n) is 5.45. The number of benzene rings is 1. The molecule has 3 heterocycles. The lowest BCUT2D eigenvalue weighted by molar-refractivity contribution is -0.121. The van der Waals surface area contributed by atoms with E-state index in [1.807, 2.05) is 0 Å². The summed E-state index contributed by atoms with van der Waals surface area (Å²) in [7, 11) is 1.43. The maximum absolute atomic E-state index is 13.1. The Morgan fingerprint density at radius 1 is 1.21 bits per heavy atom. The minimum atomic E-state index is -0.723. The van der Waals surface area contributed by atoms with Crippen LogP contribution in [0.3, 0.4) is 0 Å². The number of rotatable bonds is 7. The van der Waals surface area contributed by atoms with Crippen LogP contribution in [0.2, 0.25) is 0 Å². The molecule has 3 atom stereocenters. The second-order valence-corrected chi connectivity index (χ2v) is 9.43. The minimum absolute atomic E-state index is 0.0189. The minimum Gasteiger partial charge on any atom is -0.504 e. The maximum atomic E-state index is 13.1. The van der Waals surface area contributed by atoms with Crippen LogP contribution in [-0.4, -0.2) is 53.8 Å². The van der Waals surface area contributed by atoms with Crippen molar-refractivity contribution in [3.8, 4) is 17.2 Å². The molecule has 0 spiro atoms. The summed E-state index contributed by atoms with van der Waals surface area (Å²) >= 11 is 0. The Morgan fingerprint density at radius 2 is 2.00 bits per heavy atom. The molecule has 34 heavy (non-hydrogen) atoms. The molecule has 184 valence electrons. The van der Waals surface area contributed by atoms with Gasteiger partial charge in [-0.1, -0.05) is 12.5 Å². The van der Waals surface area contributed by atoms with Crippen LogP contribution >= 0.6 is 0 Å². The topological polar surface area (TPSA) is 112 Å². The number of nitrogens with zero attached hydrogens (tertiary/aromatic N) is 1. The van der Waals surface area contributed by atoms with Crippen LogP contribution in [0.5, 0.6) is 17.2 Å². The SMILES string of the molecule is COc1cc(C(CC(=O)NC[C@@H]2CCCN3CCCC[C@H]23)c2oc(C)cc(=O)c2O)ccc1O. The first-order valence-electron chi connectivity index (χ1n) is 12.1. The lowest BCUT2D eigenvalue weighted by Crippen LogP contribution is -2.51. The predicted molar refractivity (Wildman–Crippen MR) is 127 cm³/mol. The van der Waals surface area contributed by atoms with Crippen LogP contribution in [-0.2, 0) is 4.79 Å². The second kappa shape index (κ2) is 10.5. The molecule has 1 unspecified atom stereocenters. The number of carbonyl (C=O) groups is 1. The third-order valence-electron chi connectivity index (χ3n) is 7.17. The number of fused-ring (bicyclic) bond motifs is 1. The molecule has 8 heteroatoms. The summed E-state index contributed by atoms with van der Waals surface area (Å²) in [5.41, 5.74) is 0.0273. The lowest BCUT2D eigenvalue weighted by Gasteiger charge is -2.44. The van der Waals surface area contributed by atoms with Gasteiger partial charge in [-0.25, -0.2) is 0 Å². The first kappa shape index (κ1) is 24.1. The molecule has 2 fully saturated rings. The number of phenols is 1.